The molecule has 0 atom stereocenters. The van der Waals surface area contributed by atoms with Gasteiger partial charge in [-0.05, 0) is 66.9 Å². The third kappa shape index (κ3) is 4.80. The van der Waals surface area contributed by atoms with E-state index in [-0.39, 0.29) is 0 Å². The molecule has 0 unspecified atom stereocenters. The zero-order valence-corrected chi connectivity index (χ0v) is 29.0. The van der Waals surface area contributed by atoms with Crippen LogP contribution in [0.15, 0.2) is 158 Å². The second-order valence-electron chi connectivity index (χ2n) is 13.1. The van der Waals surface area contributed by atoms with Crippen molar-refractivity contribution < 1.29 is 0 Å². The van der Waals surface area contributed by atoms with Gasteiger partial charge in [0, 0.05) is 44.1 Å². The van der Waals surface area contributed by atoms with Gasteiger partial charge < -0.3 is 4.57 Å². The van der Waals surface area contributed by atoms with Crippen molar-refractivity contribution in [3.05, 3.63) is 170 Å². The molecule has 0 aliphatic carbocycles. The molecule has 4 heterocycles. The fraction of sp³-hybridized carbons (Fsp3) is 0.0213. The minimum absolute atomic E-state index is 0.620. The van der Waals surface area contributed by atoms with Gasteiger partial charge in [-0.15, -0.1) is 0 Å². The van der Waals surface area contributed by atoms with Crippen LogP contribution in [-0.4, -0.2) is 28.9 Å². The summed E-state index contributed by atoms with van der Waals surface area (Å²) in [5.41, 5.74) is 11.2. The van der Waals surface area contributed by atoms with E-state index in [1.165, 1.54) is 16.2 Å². The van der Waals surface area contributed by atoms with Crippen molar-refractivity contribution in [2.45, 2.75) is 6.92 Å². The Bertz CT molecular complexity index is 3010. The fourth-order valence-corrected chi connectivity index (χ4v) is 7.74. The first-order valence-electron chi connectivity index (χ1n) is 17.7. The smallest absolute Gasteiger partial charge is 0.164 e. The molecule has 4 aromatic heterocycles. The average Bonchev–Trinajstić information content (AvgIpc) is 3.78. The van der Waals surface area contributed by atoms with Crippen LogP contribution in [0, 0.1) is 0 Å². The summed E-state index contributed by atoms with van der Waals surface area (Å²) in [5, 5.41) is 4.65. The number of rotatable bonds is 6. The van der Waals surface area contributed by atoms with E-state index in [4.69, 9.17) is 19.9 Å². The molecule has 0 aliphatic heterocycles. The third-order valence-electron chi connectivity index (χ3n) is 10.0. The number of pyridine rings is 1. The SMILES string of the molecule is C=Cc1c(/C=C\C)c2c3c4ccccc4c4nc5ccccc5n4c3ccc2n1-c1ccc(-c2nc(-c3ccccc3)nc(-c3ccccc3)n2)cc1. The second kappa shape index (κ2) is 12.2. The molecule has 0 saturated heterocycles. The highest BCUT2D eigenvalue weighted by molar-refractivity contribution is 6.25. The van der Waals surface area contributed by atoms with Crippen LogP contribution in [0.2, 0.25) is 0 Å². The van der Waals surface area contributed by atoms with Crippen molar-refractivity contribution in [1.29, 1.82) is 0 Å². The average molecular weight is 681 g/mol. The van der Waals surface area contributed by atoms with Gasteiger partial charge in [-0.3, -0.25) is 4.40 Å². The Balaban J connectivity index is 1.20. The predicted octanol–water partition coefficient (Wildman–Crippen LogP) is 11.6. The van der Waals surface area contributed by atoms with Crippen molar-refractivity contribution in [3.8, 4) is 39.9 Å². The number of para-hydroxylation sites is 2. The molecule has 0 saturated carbocycles. The summed E-state index contributed by atoms with van der Waals surface area (Å²) in [7, 11) is 0. The topological polar surface area (TPSA) is 60.9 Å². The molecule has 6 nitrogen and oxygen atoms in total. The van der Waals surface area contributed by atoms with Gasteiger partial charge >= 0.3 is 0 Å². The molecule has 53 heavy (non-hydrogen) atoms. The van der Waals surface area contributed by atoms with Gasteiger partial charge in [0.15, 0.2) is 17.5 Å². The van der Waals surface area contributed by atoms with Gasteiger partial charge in [-0.25, -0.2) is 19.9 Å². The Labute approximate surface area is 305 Å². The maximum atomic E-state index is 5.11. The van der Waals surface area contributed by atoms with E-state index in [0.29, 0.717) is 17.5 Å². The first kappa shape index (κ1) is 30.6. The van der Waals surface area contributed by atoms with Crippen LogP contribution in [0.25, 0.3) is 101 Å². The van der Waals surface area contributed by atoms with Gasteiger partial charge in [-0.1, -0.05) is 116 Å². The summed E-state index contributed by atoms with van der Waals surface area (Å²) in [6, 6.07) is 50.1. The predicted molar refractivity (Wildman–Crippen MR) is 219 cm³/mol. The molecule has 0 N–H and O–H groups in total. The van der Waals surface area contributed by atoms with E-state index >= 15 is 0 Å². The Kier molecular flexibility index (Phi) is 7.08. The Morgan fingerprint density at radius 2 is 1.08 bits per heavy atom. The van der Waals surface area contributed by atoms with E-state index in [1.54, 1.807) is 0 Å². The fourth-order valence-electron chi connectivity index (χ4n) is 7.74. The van der Waals surface area contributed by atoms with Crippen molar-refractivity contribution >= 4 is 61.4 Å². The molecule has 0 amide bonds. The van der Waals surface area contributed by atoms with E-state index in [0.717, 1.165) is 66.7 Å². The molecule has 6 aromatic carbocycles. The molecule has 0 radical (unpaired) electrons. The normalized spacial score (nSPS) is 11.9. The van der Waals surface area contributed by atoms with Crippen molar-refractivity contribution in [2.24, 2.45) is 0 Å². The maximum Gasteiger partial charge on any atom is 0.164 e. The number of nitrogens with zero attached hydrogens (tertiary/aromatic N) is 6. The first-order chi connectivity index (χ1) is 26.2. The van der Waals surface area contributed by atoms with Gasteiger partial charge in [0.25, 0.3) is 0 Å². The van der Waals surface area contributed by atoms with Crippen LogP contribution < -0.4 is 0 Å². The van der Waals surface area contributed by atoms with E-state index < -0.39 is 0 Å². The Hall–Kier alpha value is -7.18. The molecular formula is C47H32N6. The zero-order valence-electron chi connectivity index (χ0n) is 29.0. The van der Waals surface area contributed by atoms with Crippen LogP contribution in [0.3, 0.4) is 0 Å². The molecule has 0 fully saturated rings. The van der Waals surface area contributed by atoms with Crippen molar-refractivity contribution in [2.75, 3.05) is 0 Å². The molecule has 10 aromatic rings. The first-order valence-corrected chi connectivity index (χ1v) is 17.7. The van der Waals surface area contributed by atoms with Crippen LogP contribution in [0.4, 0.5) is 0 Å². The van der Waals surface area contributed by atoms with E-state index in [1.807, 2.05) is 66.7 Å². The molecular weight excluding hydrogens is 649 g/mol. The minimum atomic E-state index is 0.620. The Morgan fingerprint density at radius 3 is 1.72 bits per heavy atom. The van der Waals surface area contributed by atoms with Crippen LogP contribution >= 0.6 is 0 Å². The maximum absolute atomic E-state index is 5.11. The second-order valence-corrected chi connectivity index (χ2v) is 13.1. The highest BCUT2D eigenvalue weighted by atomic mass is 15.0. The molecule has 250 valence electrons. The Morgan fingerprint density at radius 1 is 0.509 bits per heavy atom. The van der Waals surface area contributed by atoms with E-state index in [2.05, 4.69) is 120 Å². The van der Waals surface area contributed by atoms with E-state index in [9.17, 15) is 0 Å². The highest BCUT2D eigenvalue weighted by Crippen LogP contribution is 2.41. The molecule has 0 spiro atoms. The molecule has 10 rings (SSSR count). The lowest BCUT2D eigenvalue weighted by molar-refractivity contribution is 1.07. The molecule has 0 bridgehead atoms. The van der Waals surface area contributed by atoms with Gasteiger partial charge in [-0.2, -0.15) is 0 Å². The zero-order chi connectivity index (χ0) is 35.5. The lowest BCUT2D eigenvalue weighted by atomic mass is 9.99. The number of hydrogen-bond donors (Lipinski definition) is 0. The number of aromatic nitrogens is 6. The number of benzene rings is 6. The molecule has 0 aliphatic rings. The number of imidazole rings is 1. The summed E-state index contributed by atoms with van der Waals surface area (Å²) in [5.74, 6) is 1.90. The quantitative estimate of drug-likeness (QED) is 0.164. The van der Waals surface area contributed by atoms with Crippen molar-refractivity contribution in [3.63, 3.8) is 0 Å². The lowest BCUT2D eigenvalue weighted by Gasteiger charge is -2.13. The van der Waals surface area contributed by atoms with Gasteiger partial charge in [0.2, 0.25) is 0 Å². The lowest BCUT2D eigenvalue weighted by Crippen LogP contribution is -2.01. The summed E-state index contributed by atoms with van der Waals surface area (Å²) in [6.07, 6.45) is 6.28. The third-order valence-corrected chi connectivity index (χ3v) is 10.0. The van der Waals surface area contributed by atoms with Crippen LogP contribution in [0.1, 0.15) is 18.2 Å². The summed E-state index contributed by atoms with van der Waals surface area (Å²) in [4.78, 5) is 19.9. The van der Waals surface area contributed by atoms with Gasteiger partial charge in [0.05, 0.1) is 27.8 Å². The molecule has 6 heteroatoms. The van der Waals surface area contributed by atoms with Crippen LogP contribution in [0.5, 0.6) is 0 Å². The van der Waals surface area contributed by atoms with Crippen molar-refractivity contribution in [1.82, 2.24) is 28.9 Å². The van der Waals surface area contributed by atoms with Gasteiger partial charge in [0.1, 0.15) is 5.65 Å². The standard InChI is InChI=1S/C47H32N6/c1-3-15-36-38(4-2)52(40-28-29-41-42(43(36)40)34-20-11-12-21-35(34)47-48-37-22-13-14-23-39(37)53(41)47)33-26-24-32(25-27-33)46-50-44(30-16-7-5-8-17-30)49-45(51-46)31-18-9-6-10-19-31/h3-29H,2H2,1H3/b15-3-. The summed E-state index contributed by atoms with van der Waals surface area (Å²) < 4.78 is 4.62. The minimum Gasteiger partial charge on any atom is -0.309 e. The largest absolute Gasteiger partial charge is 0.309 e. The summed E-state index contributed by atoms with van der Waals surface area (Å²) >= 11 is 0. The number of fused-ring (bicyclic) bond motifs is 10. The summed E-state index contributed by atoms with van der Waals surface area (Å²) in [6.45, 7) is 6.39. The van der Waals surface area contributed by atoms with Crippen LogP contribution in [-0.2, 0) is 0 Å². The monoisotopic (exact) mass is 680 g/mol. The number of allylic oxidation sites excluding steroid dienone is 1. The number of hydrogen-bond acceptors (Lipinski definition) is 4. The highest BCUT2D eigenvalue weighted by Gasteiger charge is 2.22.